The fourth-order valence-electron chi connectivity index (χ4n) is 2.32. The SMILES string of the molecule is CC(=O)N/N=C/c1ccccc1OCc1nc2ccccc2nc1C. The van der Waals surface area contributed by atoms with Gasteiger partial charge >= 0.3 is 0 Å². The molecule has 0 saturated carbocycles. The van der Waals surface area contributed by atoms with Crippen molar-refractivity contribution in [2.24, 2.45) is 5.10 Å². The molecule has 0 atom stereocenters. The summed E-state index contributed by atoms with van der Waals surface area (Å²) in [5, 5.41) is 3.88. The van der Waals surface area contributed by atoms with Crippen molar-refractivity contribution in [1.29, 1.82) is 0 Å². The maximum Gasteiger partial charge on any atom is 0.236 e. The molecule has 0 unspecified atom stereocenters. The number of aromatic nitrogens is 2. The van der Waals surface area contributed by atoms with Gasteiger partial charge in [-0.2, -0.15) is 5.10 Å². The first-order valence-corrected chi connectivity index (χ1v) is 7.87. The number of nitrogens with zero attached hydrogens (tertiary/aromatic N) is 3. The summed E-state index contributed by atoms with van der Waals surface area (Å²) in [5.41, 5.74) is 6.47. The van der Waals surface area contributed by atoms with Crippen molar-refractivity contribution in [3.8, 4) is 5.75 Å². The van der Waals surface area contributed by atoms with E-state index in [4.69, 9.17) is 4.74 Å². The Morgan fingerprint density at radius 2 is 1.80 bits per heavy atom. The van der Waals surface area contributed by atoms with E-state index in [1.54, 1.807) is 6.21 Å². The number of ether oxygens (including phenoxy) is 1. The standard InChI is InChI=1S/C19H18N4O2/c1-13-18(22-17-9-5-4-8-16(17)21-13)12-25-19-10-6-3-7-15(19)11-20-23-14(2)24/h3-11H,12H2,1-2H3,(H,23,24)/b20-11+. The zero-order valence-corrected chi connectivity index (χ0v) is 14.1. The van der Waals surface area contributed by atoms with Crippen LogP contribution in [0, 0.1) is 6.92 Å². The number of fused-ring (bicyclic) bond motifs is 1. The Balaban J connectivity index is 1.79. The van der Waals surface area contributed by atoms with Crippen LogP contribution in [0.1, 0.15) is 23.9 Å². The van der Waals surface area contributed by atoms with Gasteiger partial charge in [0.2, 0.25) is 5.91 Å². The van der Waals surface area contributed by atoms with Gasteiger partial charge in [0.05, 0.1) is 28.6 Å². The van der Waals surface area contributed by atoms with Gasteiger partial charge in [0.25, 0.3) is 0 Å². The van der Waals surface area contributed by atoms with Crippen LogP contribution in [-0.2, 0) is 11.4 Å². The Kier molecular flexibility index (Phi) is 4.99. The van der Waals surface area contributed by atoms with Crippen LogP contribution in [0.15, 0.2) is 53.6 Å². The lowest BCUT2D eigenvalue weighted by molar-refractivity contribution is -0.118. The first-order chi connectivity index (χ1) is 12.1. The molecule has 2 aromatic carbocycles. The average Bonchev–Trinajstić information content (AvgIpc) is 2.60. The zero-order chi connectivity index (χ0) is 17.6. The number of benzene rings is 2. The molecule has 1 N–H and O–H groups in total. The minimum absolute atomic E-state index is 0.225. The average molecular weight is 334 g/mol. The van der Waals surface area contributed by atoms with E-state index in [0.717, 1.165) is 28.0 Å². The maximum atomic E-state index is 10.9. The molecule has 1 heterocycles. The number of para-hydroxylation sites is 3. The number of hydrogen-bond donors (Lipinski definition) is 1. The lowest BCUT2D eigenvalue weighted by atomic mass is 10.2. The molecule has 6 heteroatoms. The van der Waals surface area contributed by atoms with Crippen LogP contribution in [0.25, 0.3) is 11.0 Å². The van der Waals surface area contributed by atoms with Gasteiger partial charge in [-0.15, -0.1) is 0 Å². The molecule has 0 radical (unpaired) electrons. The van der Waals surface area contributed by atoms with Gasteiger partial charge in [0.15, 0.2) is 0 Å². The highest BCUT2D eigenvalue weighted by Gasteiger charge is 2.07. The Morgan fingerprint density at radius 1 is 1.12 bits per heavy atom. The van der Waals surface area contributed by atoms with Crippen molar-refractivity contribution in [3.05, 3.63) is 65.5 Å². The third-order valence-electron chi connectivity index (χ3n) is 3.55. The Hall–Kier alpha value is -3.28. The van der Waals surface area contributed by atoms with Crippen molar-refractivity contribution in [2.45, 2.75) is 20.5 Å². The molecule has 1 amide bonds. The smallest absolute Gasteiger partial charge is 0.236 e. The molecule has 0 fully saturated rings. The van der Waals surface area contributed by atoms with E-state index in [9.17, 15) is 4.79 Å². The molecule has 0 spiro atoms. The van der Waals surface area contributed by atoms with Crippen molar-refractivity contribution in [2.75, 3.05) is 0 Å². The lowest BCUT2D eigenvalue weighted by Crippen LogP contribution is -2.12. The van der Waals surface area contributed by atoms with Crippen molar-refractivity contribution in [3.63, 3.8) is 0 Å². The summed E-state index contributed by atoms with van der Waals surface area (Å²) >= 11 is 0. The first kappa shape index (κ1) is 16.6. The number of rotatable bonds is 5. The van der Waals surface area contributed by atoms with Crippen LogP contribution >= 0.6 is 0 Å². The summed E-state index contributed by atoms with van der Waals surface area (Å²) in [6.45, 7) is 3.62. The van der Waals surface area contributed by atoms with E-state index >= 15 is 0 Å². The Labute approximate surface area is 145 Å². The van der Waals surface area contributed by atoms with Gasteiger partial charge in [0.1, 0.15) is 12.4 Å². The van der Waals surface area contributed by atoms with Crippen LogP contribution in [0.3, 0.4) is 0 Å². The number of hydrazone groups is 1. The predicted octanol–water partition coefficient (Wildman–Crippen LogP) is 2.99. The third-order valence-corrected chi connectivity index (χ3v) is 3.55. The fourth-order valence-corrected chi connectivity index (χ4v) is 2.32. The van der Waals surface area contributed by atoms with Crippen molar-refractivity contribution >= 4 is 23.2 Å². The zero-order valence-electron chi connectivity index (χ0n) is 14.1. The maximum absolute atomic E-state index is 10.9. The van der Waals surface area contributed by atoms with Gasteiger partial charge in [-0.05, 0) is 31.2 Å². The van der Waals surface area contributed by atoms with Gasteiger partial charge in [-0.3, -0.25) is 4.79 Å². The van der Waals surface area contributed by atoms with E-state index in [1.807, 2.05) is 55.5 Å². The summed E-state index contributed by atoms with van der Waals surface area (Å²) in [4.78, 5) is 20.1. The molecule has 6 nitrogen and oxygen atoms in total. The largest absolute Gasteiger partial charge is 0.487 e. The van der Waals surface area contributed by atoms with Gasteiger partial charge in [0, 0.05) is 12.5 Å². The lowest BCUT2D eigenvalue weighted by Gasteiger charge is -2.10. The molecular formula is C19H18N4O2. The highest BCUT2D eigenvalue weighted by molar-refractivity contribution is 5.84. The van der Waals surface area contributed by atoms with Crippen molar-refractivity contribution in [1.82, 2.24) is 15.4 Å². The van der Waals surface area contributed by atoms with E-state index in [-0.39, 0.29) is 5.91 Å². The number of amides is 1. The molecule has 0 aliphatic rings. The van der Waals surface area contributed by atoms with E-state index in [2.05, 4.69) is 20.5 Å². The second-order valence-corrected chi connectivity index (χ2v) is 5.50. The second-order valence-electron chi connectivity index (χ2n) is 5.50. The van der Waals surface area contributed by atoms with E-state index < -0.39 is 0 Å². The topological polar surface area (TPSA) is 76.5 Å². The molecule has 3 aromatic rings. The summed E-state index contributed by atoms with van der Waals surface area (Å²) in [5.74, 6) is 0.433. The Morgan fingerprint density at radius 3 is 2.56 bits per heavy atom. The third kappa shape index (κ3) is 4.17. The Bertz CT molecular complexity index is 938. The predicted molar refractivity (Wildman–Crippen MR) is 96.5 cm³/mol. The highest BCUT2D eigenvalue weighted by Crippen LogP contribution is 2.19. The quantitative estimate of drug-likeness (QED) is 0.575. The second kappa shape index (κ2) is 7.53. The number of aryl methyl sites for hydroxylation is 1. The molecule has 0 bridgehead atoms. The monoisotopic (exact) mass is 334 g/mol. The van der Waals surface area contributed by atoms with Gasteiger partial charge < -0.3 is 4.74 Å². The fraction of sp³-hybridized carbons (Fsp3) is 0.158. The summed E-state index contributed by atoms with van der Waals surface area (Å²) in [6.07, 6.45) is 1.55. The van der Waals surface area contributed by atoms with Crippen molar-refractivity contribution < 1.29 is 9.53 Å². The highest BCUT2D eigenvalue weighted by atomic mass is 16.5. The van der Waals surface area contributed by atoms with Gasteiger partial charge in [-0.25, -0.2) is 15.4 Å². The molecule has 0 saturated heterocycles. The number of hydrogen-bond acceptors (Lipinski definition) is 5. The van der Waals surface area contributed by atoms with E-state index in [0.29, 0.717) is 12.4 Å². The van der Waals surface area contributed by atoms with Gasteiger partial charge in [-0.1, -0.05) is 24.3 Å². The molecule has 25 heavy (non-hydrogen) atoms. The molecule has 3 rings (SSSR count). The normalized spacial score (nSPS) is 11.0. The molecule has 0 aliphatic heterocycles. The van der Waals surface area contributed by atoms with Crippen LogP contribution in [-0.4, -0.2) is 22.1 Å². The number of carbonyl (C=O) groups is 1. The first-order valence-electron chi connectivity index (χ1n) is 7.87. The minimum atomic E-state index is -0.225. The van der Waals surface area contributed by atoms with Crippen LogP contribution in [0.5, 0.6) is 5.75 Å². The number of carbonyl (C=O) groups excluding carboxylic acids is 1. The number of nitrogens with one attached hydrogen (secondary N) is 1. The molecule has 0 aliphatic carbocycles. The van der Waals surface area contributed by atoms with Crippen LogP contribution in [0.4, 0.5) is 0 Å². The summed E-state index contributed by atoms with van der Waals surface area (Å²) in [6, 6.07) is 15.2. The molecule has 1 aromatic heterocycles. The molecule has 126 valence electrons. The summed E-state index contributed by atoms with van der Waals surface area (Å²) < 4.78 is 5.90. The molecular weight excluding hydrogens is 316 g/mol. The van der Waals surface area contributed by atoms with Crippen LogP contribution < -0.4 is 10.2 Å². The van der Waals surface area contributed by atoms with Crippen LogP contribution in [0.2, 0.25) is 0 Å². The summed E-state index contributed by atoms with van der Waals surface area (Å²) in [7, 11) is 0. The van der Waals surface area contributed by atoms with E-state index in [1.165, 1.54) is 6.92 Å². The minimum Gasteiger partial charge on any atom is -0.487 e.